The maximum atomic E-state index is 13.7. The Morgan fingerprint density at radius 2 is 2.20 bits per heavy atom. The zero-order valence-electron chi connectivity index (χ0n) is 11.6. The van der Waals surface area contributed by atoms with Crippen LogP contribution in [0.4, 0.5) is 15.9 Å². The fraction of sp³-hybridized carbons (Fsp3) is 0.357. The van der Waals surface area contributed by atoms with Gasteiger partial charge in [0.25, 0.3) is 0 Å². The summed E-state index contributed by atoms with van der Waals surface area (Å²) >= 11 is 3.34. The van der Waals surface area contributed by atoms with E-state index < -0.39 is 0 Å². The molecule has 1 aromatic carbocycles. The van der Waals surface area contributed by atoms with Crippen molar-refractivity contribution in [1.82, 2.24) is 9.78 Å². The molecule has 108 valence electrons. The number of benzene rings is 1. The van der Waals surface area contributed by atoms with E-state index in [9.17, 15) is 4.39 Å². The molecular weight excluding hydrogens is 323 g/mol. The minimum Gasteiger partial charge on any atom is -0.394 e. The molecule has 0 bridgehead atoms. The Hall–Kier alpha value is -1.56. The summed E-state index contributed by atoms with van der Waals surface area (Å²) in [5.74, 6) is 0.515. The van der Waals surface area contributed by atoms with Crippen LogP contribution >= 0.6 is 15.9 Å². The monoisotopic (exact) mass is 340 g/mol. The second-order valence-corrected chi connectivity index (χ2v) is 5.58. The van der Waals surface area contributed by atoms with Crippen LogP contribution in [-0.4, -0.2) is 9.78 Å². The van der Waals surface area contributed by atoms with Gasteiger partial charge in [0, 0.05) is 23.1 Å². The van der Waals surface area contributed by atoms with E-state index in [-0.39, 0.29) is 5.82 Å². The van der Waals surface area contributed by atoms with Crippen molar-refractivity contribution in [3.8, 4) is 0 Å². The summed E-state index contributed by atoms with van der Waals surface area (Å²) < 4.78 is 16.4. The van der Waals surface area contributed by atoms with Gasteiger partial charge in [-0.1, -0.05) is 22.9 Å². The van der Waals surface area contributed by atoms with Crippen LogP contribution in [0.25, 0.3) is 0 Å². The first-order chi connectivity index (χ1) is 9.52. The van der Waals surface area contributed by atoms with Crippen molar-refractivity contribution >= 4 is 27.4 Å². The van der Waals surface area contributed by atoms with E-state index in [2.05, 4.69) is 33.3 Å². The predicted octanol–water partition coefficient (Wildman–Crippen LogP) is 3.70. The van der Waals surface area contributed by atoms with Gasteiger partial charge in [-0.3, -0.25) is 0 Å². The maximum Gasteiger partial charge on any atom is 0.148 e. The fourth-order valence-corrected chi connectivity index (χ4v) is 2.42. The lowest BCUT2D eigenvalue weighted by Crippen LogP contribution is -2.10. The molecule has 0 aliphatic rings. The maximum absolute atomic E-state index is 13.7. The summed E-state index contributed by atoms with van der Waals surface area (Å²) in [4.78, 5) is 0. The highest BCUT2D eigenvalue weighted by Crippen LogP contribution is 2.24. The van der Waals surface area contributed by atoms with Gasteiger partial charge in [-0.15, -0.1) is 0 Å². The summed E-state index contributed by atoms with van der Waals surface area (Å²) in [6, 6.07) is 4.88. The van der Waals surface area contributed by atoms with E-state index in [4.69, 9.17) is 5.73 Å². The SMILES string of the molecule is CCCn1nc(C)c(N)c1NCc1cc(Br)ccc1F. The minimum absolute atomic E-state index is 0.238. The molecular formula is C14H18BrFN4. The number of rotatable bonds is 5. The lowest BCUT2D eigenvalue weighted by Gasteiger charge is -2.11. The molecule has 0 saturated carbocycles. The second-order valence-electron chi connectivity index (χ2n) is 4.66. The van der Waals surface area contributed by atoms with Crippen LogP contribution < -0.4 is 11.1 Å². The van der Waals surface area contributed by atoms with Gasteiger partial charge < -0.3 is 11.1 Å². The molecule has 0 radical (unpaired) electrons. The first-order valence-electron chi connectivity index (χ1n) is 6.53. The van der Waals surface area contributed by atoms with Crippen LogP contribution in [0.5, 0.6) is 0 Å². The number of halogens is 2. The Morgan fingerprint density at radius 1 is 1.45 bits per heavy atom. The number of nitrogens with zero attached hydrogens (tertiary/aromatic N) is 2. The topological polar surface area (TPSA) is 55.9 Å². The lowest BCUT2D eigenvalue weighted by molar-refractivity contribution is 0.597. The van der Waals surface area contributed by atoms with Gasteiger partial charge in [0.1, 0.15) is 11.6 Å². The summed E-state index contributed by atoms with van der Waals surface area (Å²) in [5.41, 5.74) is 8.01. The van der Waals surface area contributed by atoms with Crippen molar-refractivity contribution in [3.05, 3.63) is 39.7 Å². The van der Waals surface area contributed by atoms with Crippen LogP contribution in [0, 0.1) is 12.7 Å². The first kappa shape index (κ1) is 14.8. The molecule has 1 heterocycles. The molecule has 0 aliphatic heterocycles. The standard InChI is InChI=1S/C14H18BrFN4/c1-3-6-20-14(13(17)9(2)19-20)18-8-10-7-11(15)4-5-12(10)16/h4-5,7,18H,3,6,8,17H2,1-2H3. The highest BCUT2D eigenvalue weighted by molar-refractivity contribution is 9.10. The molecule has 2 rings (SSSR count). The third-order valence-electron chi connectivity index (χ3n) is 3.06. The molecule has 0 aliphatic carbocycles. The average molecular weight is 341 g/mol. The number of nitrogens with one attached hydrogen (secondary N) is 1. The van der Waals surface area contributed by atoms with Crippen molar-refractivity contribution in [2.45, 2.75) is 33.4 Å². The van der Waals surface area contributed by atoms with Gasteiger partial charge in [0.15, 0.2) is 0 Å². The van der Waals surface area contributed by atoms with E-state index >= 15 is 0 Å². The van der Waals surface area contributed by atoms with Crippen LogP contribution in [-0.2, 0) is 13.1 Å². The third kappa shape index (κ3) is 3.12. The van der Waals surface area contributed by atoms with Crippen LogP contribution in [0.15, 0.2) is 22.7 Å². The molecule has 0 fully saturated rings. The van der Waals surface area contributed by atoms with Crippen molar-refractivity contribution in [3.63, 3.8) is 0 Å². The molecule has 0 saturated heterocycles. The Labute approximate surface area is 126 Å². The molecule has 0 spiro atoms. The van der Waals surface area contributed by atoms with E-state index in [0.29, 0.717) is 17.8 Å². The largest absolute Gasteiger partial charge is 0.394 e. The summed E-state index contributed by atoms with van der Waals surface area (Å²) in [6.07, 6.45) is 0.959. The van der Waals surface area contributed by atoms with E-state index in [0.717, 1.165) is 29.0 Å². The fourth-order valence-electron chi connectivity index (χ4n) is 2.01. The second kappa shape index (κ2) is 6.26. The smallest absolute Gasteiger partial charge is 0.148 e. The molecule has 0 unspecified atom stereocenters. The average Bonchev–Trinajstić information content (AvgIpc) is 2.67. The zero-order chi connectivity index (χ0) is 14.7. The van der Waals surface area contributed by atoms with Gasteiger partial charge in [-0.05, 0) is 31.5 Å². The normalized spacial score (nSPS) is 10.8. The van der Waals surface area contributed by atoms with Gasteiger partial charge in [0.2, 0.25) is 0 Å². The lowest BCUT2D eigenvalue weighted by atomic mass is 10.2. The minimum atomic E-state index is -0.238. The van der Waals surface area contributed by atoms with Crippen molar-refractivity contribution in [1.29, 1.82) is 0 Å². The van der Waals surface area contributed by atoms with E-state index in [1.165, 1.54) is 6.07 Å². The van der Waals surface area contributed by atoms with Gasteiger partial charge in [-0.2, -0.15) is 5.10 Å². The molecule has 6 heteroatoms. The van der Waals surface area contributed by atoms with E-state index in [1.54, 1.807) is 12.1 Å². The summed E-state index contributed by atoms with van der Waals surface area (Å²) in [5, 5.41) is 7.56. The van der Waals surface area contributed by atoms with Crippen LogP contribution in [0.3, 0.4) is 0 Å². The van der Waals surface area contributed by atoms with Gasteiger partial charge in [-0.25, -0.2) is 9.07 Å². The molecule has 1 aromatic heterocycles. The molecule has 3 N–H and O–H groups in total. The number of anilines is 2. The molecule has 0 amide bonds. The molecule has 0 atom stereocenters. The van der Waals surface area contributed by atoms with Crippen LogP contribution in [0.1, 0.15) is 24.6 Å². The predicted molar refractivity (Wildman–Crippen MR) is 83.1 cm³/mol. The first-order valence-corrected chi connectivity index (χ1v) is 7.33. The van der Waals surface area contributed by atoms with Crippen molar-refractivity contribution in [2.75, 3.05) is 11.1 Å². The molecule has 20 heavy (non-hydrogen) atoms. The van der Waals surface area contributed by atoms with Gasteiger partial charge in [0.05, 0.1) is 11.4 Å². The zero-order valence-corrected chi connectivity index (χ0v) is 13.2. The number of hydrogen-bond donors (Lipinski definition) is 2. The number of aromatic nitrogens is 2. The Balaban J connectivity index is 2.20. The van der Waals surface area contributed by atoms with Crippen molar-refractivity contribution < 1.29 is 4.39 Å². The number of nitrogen functional groups attached to an aromatic ring is 1. The van der Waals surface area contributed by atoms with Crippen LogP contribution in [0.2, 0.25) is 0 Å². The van der Waals surface area contributed by atoms with Gasteiger partial charge >= 0.3 is 0 Å². The summed E-state index contributed by atoms with van der Waals surface area (Å²) in [6.45, 7) is 5.09. The number of aryl methyl sites for hydroxylation is 2. The third-order valence-corrected chi connectivity index (χ3v) is 3.56. The number of nitrogens with two attached hydrogens (primary N) is 1. The molecule has 4 nitrogen and oxygen atoms in total. The van der Waals surface area contributed by atoms with E-state index in [1.807, 2.05) is 11.6 Å². The summed E-state index contributed by atoms with van der Waals surface area (Å²) in [7, 11) is 0. The Morgan fingerprint density at radius 3 is 2.90 bits per heavy atom. The Kier molecular flexibility index (Phi) is 4.65. The highest BCUT2D eigenvalue weighted by Gasteiger charge is 2.12. The van der Waals surface area contributed by atoms with Crippen molar-refractivity contribution in [2.24, 2.45) is 0 Å². The quantitative estimate of drug-likeness (QED) is 0.872. The highest BCUT2D eigenvalue weighted by atomic mass is 79.9. The number of hydrogen-bond acceptors (Lipinski definition) is 3. The molecule has 2 aromatic rings. The Bertz CT molecular complexity index is 609.